The van der Waals surface area contributed by atoms with Gasteiger partial charge < -0.3 is 14.3 Å². The highest BCUT2D eigenvalue weighted by Crippen LogP contribution is 2.21. The number of nitrogens with one attached hydrogen (secondary N) is 1. The van der Waals surface area contributed by atoms with Crippen molar-refractivity contribution in [2.75, 3.05) is 13.4 Å². The summed E-state index contributed by atoms with van der Waals surface area (Å²) in [6, 6.07) is 0. The van der Waals surface area contributed by atoms with Crippen LogP contribution < -0.4 is 4.74 Å². The number of fused-ring (bicyclic) bond motifs is 1. The molecule has 0 saturated carbocycles. The fourth-order valence-electron chi connectivity index (χ4n) is 1.74. The topological polar surface area (TPSA) is 55.7 Å². The van der Waals surface area contributed by atoms with E-state index in [0.717, 1.165) is 24.1 Å². The maximum absolute atomic E-state index is 5.33. The molecule has 1 unspecified atom stereocenters. The Bertz CT molecular complexity index is 592. The number of ether oxygens (including phenoxy) is 1. The predicted molar refractivity (Wildman–Crippen MR) is 76.9 cm³/mol. The summed E-state index contributed by atoms with van der Waals surface area (Å²) in [5.74, 6) is 0.530. The summed E-state index contributed by atoms with van der Waals surface area (Å²) < 4.78 is 7.86. The van der Waals surface area contributed by atoms with Crippen LogP contribution in [0.2, 0.25) is 0 Å². The molecule has 0 aliphatic carbocycles. The minimum absolute atomic E-state index is 0.530. The van der Waals surface area contributed by atoms with Crippen molar-refractivity contribution in [2.45, 2.75) is 25.1 Å². The van der Waals surface area contributed by atoms with Crippen molar-refractivity contribution in [3.63, 3.8) is 0 Å². The zero-order valence-electron chi connectivity index (χ0n) is 10.6. The van der Waals surface area contributed by atoms with Gasteiger partial charge in [-0.25, -0.2) is 4.98 Å². The summed E-state index contributed by atoms with van der Waals surface area (Å²) in [7, 11) is 1.59. The van der Waals surface area contributed by atoms with E-state index >= 15 is 0 Å². The lowest BCUT2D eigenvalue weighted by Gasteiger charge is -2.08. The molecule has 0 aliphatic rings. The maximum Gasteiger partial charge on any atom is 0.242 e. The number of aromatic nitrogens is 4. The Morgan fingerprint density at radius 3 is 3.00 bits per heavy atom. The maximum atomic E-state index is 5.33. The number of methoxy groups -OCH3 is 1. The summed E-state index contributed by atoms with van der Waals surface area (Å²) in [5.41, 5.74) is 1.57. The number of aryl methyl sites for hydroxylation is 1. The largest absolute Gasteiger partial charge is 0.479 e. The molecule has 98 valence electrons. The van der Waals surface area contributed by atoms with E-state index in [9.17, 15) is 0 Å². The average molecular weight is 284 g/mol. The Morgan fingerprint density at radius 2 is 2.33 bits per heavy atom. The van der Waals surface area contributed by atoms with Gasteiger partial charge in [-0.15, -0.1) is 0 Å². The Balaban J connectivity index is 2.39. The number of rotatable bonds is 5. The van der Waals surface area contributed by atoms with Gasteiger partial charge in [0.05, 0.1) is 7.11 Å². The molecule has 2 rings (SSSR count). The first kappa shape index (κ1) is 13.4. The monoisotopic (exact) mass is 284 g/mol. The van der Waals surface area contributed by atoms with Gasteiger partial charge in [0.1, 0.15) is 11.8 Å². The molecule has 0 bridgehead atoms. The smallest absolute Gasteiger partial charge is 0.242 e. The molecule has 5 nitrogen and oxygen atoms in total. The molecule has 7 heteroatoms. The molecule has 0 fully saturated rings. The zero-order valence-corrected chi connectivity index (χ0v) is 12.3. The Kier molecular flexibility index (Phi) is 4.23. The van der Waals surface area contributed by atoms with Crippen LogP contribution in [0.1, 0.15) is 13.3 Å². The number of H-pyrrole nitrogens is 1. The van der Waals surface area contributed by atoms with Crippen molar-refractivity contribution in [2.24, 2.45) is 0 Å². The number of aromatic amines is 1. The highest BCUT2D eigenvalue weighted by atomic mass is 32.2. The van der Waals surface area contributed by atoms with Crippen molar-refractivity contribution in [3.8, 4) is 5.88 Å². The van der Waals surface area contributed by atoms with E-state index in [1.807, 2.05) is 16.3 Å². The lowest BCUT2D eigenvalue weighted by molar-refractivity contribution is 0.401. The quantitative estimate of drug-likeness (QED) is 0.855. The SMILES string of the molecule is COc1ncnc2c1[nH]c(=S)n2CCC(C)SC. The van der Waals surface area contributed by atoms with E-state index in [-0.39, 0.29) is 0 Å². The van der Waals surface area contributed by atoms with Crippen LogP contribution in [-0.2, 0) is 6.54 Å². The summed E-state index contributed by atoms with van der Waals surface area (Å²) in [5, 5.41) is 0.598. The second-order valence-electron chi connectivity index (χ2n) is 4.00. The molecule has 0 radical (unpaired) electrons. The van der Waals surface area contributed by atoms with Crippen molar-refractivity contribution < 1.29 is 4.74 Å². The normalized spacial score (nSPS) is 12.8. The van der Waals surface area contributed by atoms with Crippen molar-refractivity contribution in [1.29, 1.82) is 0 Å². The van der Waals surface area contributed by atoms with Crippen molar-refractivity contribution >= 4 is 35.1 Å². The van der Waals surface area contributed by atoms with Gasteiger partial charge in [0.2, 0.25) is 5.88 Å². The van der Waals surface area contributed by atoms with E-state index in [1.54, 1.807) is 7.11 Å². The fourth-order valence-corrected chi connectivity index (χ4v) is 2.36. The molecule has 0 aliphatic heterocycles. The van der Waals surface area contributed by atoms with Crippen LogP contribution in [0.4, 0.5) is 0 Å². The molecule has 18 heavy (non-hydrogen) atoms. The Morgan fingerprint density at radius 1 is 1.56 bits per heavy atom. The van der Waals surface area contributed by atoms with E-state index in [1.165, 1.54) is 6.33 Å². The molecular formula is C11H16N4OS2. The van der Waals surface area contributed by atoms with Gasteiger partial charge in [-0.05, 0) is 24.9 Å². The Labute approximate surface area is 115 Å². The molecular weight excluding hydrogens is 268 g/mol. The molecule has 1 N–H and O–H groups in total. The molecule has 1 atom stereocenters. The highest BCUT2D eigenvalue weighted by molar-refractivity contribution is 7.99. The van der Waals surface area contributed by atoms with Crippen LogP contribution in [0.3, 0.4) is 0 Å². The van der Waals surface area contributed by atoms with Crippen LogP contribution in [0.25, 0.3) is 11.2 Å². The van der Waals surface area contributed by atoms with Crippen molar-refractivity contribution in [1.82, 2.24) is 19.5 Å². The van der Waals surface area contributed by atoms with Crippen LogP contribution >= 0.6 is 24.0 Å². The molecule has 0 saturated heterocycles. The predicted octanol–water partition coefficient (Wildman–Crippen LogP) is 2.64. The van der Waals surface area contributed by atoms with Gasteiger partial charge in [0, 0.05) is 11.8 Å². The van der Waals surface area contributed by atoms with Crippen LogP contribution in [0.5, 0.6) is 5.88 Å². The number of hydrogen-bond donors (Lipinski definition) is 1. The first-order valence-corrected chi connectivity index (χ1v) is 7.37. The standard InChI is InChI=1S/C11H16N4OS2/c1-7(18-3)4-5-15-9-8(14-11(15)17)10(16-2)13-6-12-9/h6-7H,4-5H2,1-3H3,(H,14,17). The van der Waals surface area contributed by atoms with E-state index in [0.29, 0.717) is 15.9 Å². The molecule has 2 aromatic rings. The minimum Gasteiger partial charge on any atom is -0.479 e. The van der Waals surface area contributed by atoms with Gasteiger partial charge in [-0.3, -0.25) is 0 Å². The second-order valence-corrected chi connectivity index (χ2v) is 5.66. The Hall–Kier alpha value is -1.08. The molecule has 2 heterocycles. The van der Waals surface area contributed by atoms with Gasteiger partial charge in [0.25, 0.3) is 0 Å². The number of imidazole rings is 1. The lowest BCUT2D eigenvalue weighted by Crippen LogP contribution is -2.05. The van der Waals surface area contributed by atoms with E-state index in [2.05, 4.69) is 28.1 Å². The summed E-state index contributed by atoms with van der Waals surface area (Å²) >= 11 is 7.18. The summed E-state index contributed by atoms with van der Waals surface area (Å²) in [6.45, 7) is 3.06. The minimum atomic E-state index is 0.530. The van der Waals surface area contributed by atoms with E-state index < -0.39 is 0 Å². The summed E-state index contributed by atoms with van der Waals surface area (Å²) in [4.78, 5) is 11.5. The third-order valence-corrected chi connectivity index (χ3v) is 4.24. The summed E-state index contributed by atoms with van der Waals surface area (Å²) in [6.07, 6.45) is 4.66. The lowest BCUT2D eigenvalue weighted by atomic mass is 10.3. The molecule has 2 aromatic heterocycles. The number of nitrogens with zero attached hydrogens (tertiary/aromatic N) is 3. The van der Waals surface area contributed by atoms with Gasteiger partial charge >= 0.3 is 0 Å². The molecule has 0 spiro atoms. The van der Waals surface area contributed by atoms with Crippen LogP contribution in [-0.4, -0.2) is 38.1 Å². The first-order chi connectivity index (χ1) is 8.67. The highest BCUT2D eigenvalue weighted by Gasteiger charge is 2.11. The zero-order chi connectivity index (χ0) is 13.1. The van der Waals surface area contributed by atoms with Gasteiger partial charge in [0.15, 0.2) is 10.4 Å². The van der Waals surface area contributed by atoms with Crippen molar-refractivity contribution in [3.05, 3.63) is 11.1 Å². The van der Waals surface area contributed by atoms with Crippen LogP contribution in [0.15, 0.2) is 6.33 Å². The molecule has 0 amide bonds. The number of hydrogen-bond acceptors (Lipinski definition) is 5. The third kappa shape index (κ3) is 2.51. The van der Waals surface area contributed by atoms with Gasteiger partial charge in [-0.1, -0.05) is 6.92 Å². The number of thioether (sulfide) groups is 1. The molecule has 0 aromatic carbocycles. The third-order valence-electron chi connectivity index (χ3n) is 2.88. The van der Waals surface area contributed by atoms with E-state index in [4.69, 9.17) is 17.0 Å². The second kappa shape index (κ2) is 5.71. The van der Waals surface area contributed by atoms with Crippen LogP contribution in [0, 0.1) is 4.77 Å². The fraction of sp³-hybridized carbons (Fsp3) is 0.545. The van der Waals surface area contributed by atoms with Gasteiger partial charge in [-0.2, -0.15) is 16.7 Å². The first-order valence-electron chi connectivity index (χ1n) is 5.67. The average Bonchev–Trinajstić information content (AvgIpc) is 2.71.